The second-order valence-electron chi connectivity index (χ2n) is 4.66. The van der Waals surface area contributed by atoms with Crippen molar-refractivity contribution in [3.05, 3.63) is 32.7 Å². The molecule has 0 radical (unpaired) electrons. The van der Waals surface area contributed by atoms with Gasteiger partial charge in [0.15, 0.2) is 5.13 Å². The first-order valence-corrected chi connectivity index (χ1v) is 9.18. The number of hydrogen-bond acceptors (Lipinski definition) is 5. The van der Waals surface area contributed by atoms with Crippen LogP contribution in [0.3, 0.4) is 0 Å². The normalized spacial score (nSPS) is 14.2. The number of sulfonamides is 1. The van der Waals surface area contributed by atoms with Crippen molar-refractivity contribution in [1.82, 2.24) is 4.98 Å². The number of halogens is 2. The lowest BCUT2D eigenvalue weighted by atomic mass is 10.3. The van der Waals surface area contributed by atoms with E-state index in [4.69, 9.17) is 28.9 Å². The standard InChI is InChI=1S/C12H11Cl2N3O2S2/c13-7-4-6(15)5-8(14)11(7)21(18,19)17-12-16-9-2-1-3-10(9)20-12/h4-5H,1-3,15H2,(H,16,17). The van der Waals surface area contributed by atoms with Gasteiger partial charge in [0, 0.05) is 10.6 Å². The molecule has 0 unspecified atom stereocenters. The highest BCUT2D eigenvalue weighted by Crippen LogP contribution is 2.35. The Labute approximate surface area is 136 Å². The van der Waals surface area contributed by atoms with Crippen LogP contribution in [0.2, 0.25) is 10.0 Å². The molecule has 9 heteroatoms. The number of nitrogens with zero attached hydrogens (tertiary/aromatic N) is 1. The third kappa shape index (κ3) is 2.83. The maximum absolute atomic E-state index is 12.4. The van der Waals surface area contributed by atoms with Gasteiger partial charge in [-0.05, 0) is 31.4 Å². The maximum atomic E-state index is 12.4. The average Bonchev–Trinajstić information content (AvgIpc) is 2.86. The van der Waals surface area contributed by atoms with Crippen LogP contribution >= 0.6 is 34.5 Å². The quantitative estimate of drug-likeness (QED) is 0.819. The number of benzene rings is 1. The summed E-state index contributed by atoms with van der Waals surface area (Å²) in [6.45, 7) is 0. The first kappa shape index (κ1) is 14.9. The molecule has 0 amide bonds. The summed E-state index contributed by atoms with van der Waals surface area (Å²) in [5, 5.41) is 0.303. The van der Waals surface area contributed by atoms with Gasteiger partial charge in [-0.15, -0.1) is 11.3 Å². The smallest absolute Gasteiger partial charge is 0.266 e. The zero-order chi connectivity index (χ0) is 15.2. The van der Waals surface area contributed by atoms with Crippen molar-refractivity contribution in [3.8, 4) is 0 Å². The fraction of sp³-hybridized carbons (Fsp3) is 0.250. The van der Waals surface area contributed by atoms with Gasteiger partial charge in [0.05, 0.1) is 15.7 Å². The van der Waals surface area contributed by atoms with Crippen molar-refractivity contribution in [2.45, 2.75) is 24.2 Å². The van der Waals surface area contributed by atoms with Gasteiger partial charge in [0.2, 0.25) is 0 Å². The lowest BCUT2D eigenvalue weighted by Crippen LogP contribution is -2.14. The van der Waals surface area contributed by atoms with E-state index < -0.39 is 10.0 Å². The van der Waals surface area contributed by atoms with E-state index >= 15 is 0 Å². The number of thiazole rings is 1. The maximum Gasteiger partial charge on any atom is 0.266 e. The second-order valence-corrected chi connectivity index (χ2v) is 8.18. The number of hydrogen-bond donors (Lipinski definition) is 2. The third-order valence-corrected chi connectivity index (χ3v) is 6.57. The van der Waals surface area contributed by atoms with E-state index in [9.17, 15) is 8.42 Å². The molecular formula is C12H11Cl2N3O2S2. The fourth-order valence-corrected chi connectivity index (χ4v) is 5.76. The Morgan fingerprint density at radius 3 is 2.52 bits per heavy atom. The summed E-state index contributed by atoms with van der Waals surface area (Å²) in [7, 11) is -3.90. The van der Waals surface area contributed by atoms with Crippen LogP contribution in [0, 0.1) is 0 Å². The molecule has 2 aromatic rings. The van der Waals surface area contributed by atoms with E-state index in [2.05, 4.69) is 9.71 Å². The van der Waals surface area contributed by atoms with Crippen molar-refractivity contribution in [2.24, 2.45) is 0 Å². The SMILES string of the molecule is Nc1cc(Cl)c(S(=O)(=O)Nc2nc3c(s2)CCC3)c(Cl)c1. The summed E-state index contributed by atoms with van der Waals surface area (Å²) in [5.41, 5.74) is 6.85. The van der Waals surface area contributed by atoms with Gasteiger partial charge in [0.1, 0.15) is 4.90 Å². The monoisotopic (exact) mass is 363 g/mol. The van der Waals surface area contributed by atoms with Crippen molar-refractivity contribution in [2.75, 3.05) is 10.5 Å². The first-order chi connectivity index (χ1) is 9.87. The molecule has 112 valence electrons. The van der Waals surface area contributed by atoms with E-state index in [0.29, 0.717) is 10.8 Å². The summed E-state index contributed by atoms with van der Waals surface area (Å²) < 4.78 is 27.3. The largest absolute Gasteiger partial charge is 0.399 e. The number of fused-ring (bicyclic) bond motifs is 1. The average molecular weight is 364 g/mol. The summed E-state index contributed by atoms with van der Waals surface area (Å²) in [6.07, 6.45) is 2.89. The lowest BCUT2D eigenvalue weighted by Gasteiger charge is -2.10. The number of aromatic nitrogens is 1. The van der Waals surface area contributed by atoms with Crippen molar-refractivity contribution in [1.29, 1.82) is 0 Å². The first-order valence-electron chi connectivity index (χ1n) is 6.13. The Bertz CT molecular complexity index is 773. The Morgan fingerprint density at radius 2 is 1.90 bits per heavy atom. The van der Waals surface area contributed by atoms with E-state index in [1.165, 1.54) is 23.5 Å². The summed E-state index contributed by atoms with van der Waals surface area (Å²) in [6, 6.07) is 2.70. The Hall–Kier alpha value is -1.02. The fourth-order valence-electron chi connectivity index (χ4n) is 2.24. The number of nitrogens with one attached hydrogen (secondary N) is 1. The molecule has 0 atom stereocenters. The van der Waals surface area contributed by atoms with E-state index in [0.717, 1.165) is 29.8 Å². The van der Waals surface area contributed by atoms with Gasteiger partial charge in [-0.25, -0.2) is 13.4 Å². The van der Waals surface area contributed by atoms with Gasteiger partial charge < -0.3 is 5.73 Å². The minimum absolute atomic E-state index is 0.0170. The molecule has 1 aromatic heterocycles. The molecule has 1 heterocycles. The van der Waals surface area contributed by atoms with Crippen LogP contribution in [0.4, 0.5) is 10.8 Å². The third-order valence-electron chi connectivity index (χ3n) is 3.11. The molecule has 21 heavy (non-hydrogen) atoms. The van der Waals surface area contributed by atoms with Crippen molar-refractivity contribution < 1.29 is 8.42 Å². The molecule has 1 aliphatic carbocycles. The number of nitrogen functional groups attached to an aromatic ring is 1. The molecule has 0 spiro atoms. The summed E-state index contributed by atoms with van der Waals surface area (Å²) >= 11 is 13.3. The topological polar surface area (TPSA) is 85.1 Å². The number of aryl methyl sites for hydroxylation is 2. The Morgan fingerprint density at radius 1 is 1.24 bits per heavy atom. The Balaban J connectivity index is 1.97. The van der Waals surface area contributed by atoms with Crippen molar-refractivity contribution in [3.63, 3.8) is 0 Å². The van der Waals surface area contributed by atoms with Gasteiger partial charge >= 0.3 is 0 Å². The molecule has 0 bridgehead atoms. The van der Waals surface area contributed by atoms with Crippen LogP contribution in [-0.2, 0) is 22.9 Å². The van der Waals surface area contributed by atoms with E-state index in [-0.39, 0.29) is 14.9 Å². The molecule has 1 aromatic carbocycles. The van der Waals surface area contributed by atoms with Crippen LogP contribution in [0.5, 0.6) is 0 Å². The van der Waals surface area contributed by atoms with E-state index in [1.807, 2.05) is 0 Å². The zero-order valence-electron chi connectivity index (χ0n) is 10.7. The molecule has 1 aliphatic rings. The number of rotatable bonds is 3. The number of nitrogens with two attached hydrogens (primary N) is 1. The lowest BCUT2D eigenvalue weighted by molar-refractivity contribution is 0.601. The van der Waals surface area contributed by atoms with Crippen molar-refractivity contribution >= 4 is 55.4 Å². The molecule has 3 rings (SSSR count). The van der Waals surface area contributed by atoms with Gasteiger partial charge in [-0.2, -0.15) is 0 Å². The highest BCUT2D eigenvalue weighted by atomic mass is 35.5. The van der Waals surface area contributed by atoms with Gasteiger partial charge in [-0.3, -0.25) is 4.72 Å². The second kappa shape index (κ2) is 5.31. The highest BCUT2D eigenvalue weighted by molar-refractivity contribution is 7.93. The molecule has 0 aliphatic heterocycles. The highest BCUT2D eigenvalue weighted by Gasteiger charge is 2.25. The molecule has 5 nitrogen and oxygen atoms in total. The molecule has 0 saturated heterocycles. The Kier molecular flexibility index (Phi) is 3.77. The van der Waals surface area contributed by atoms with Crippen LogP contribution in [-0.4, -0.2) is 13.4 Å². The minimum Gasteiger partial charge on any atom is -0.399 e. The van der Waals surface area contributed by atoms with Crippen LogP contribution in [0.15, 0.2) is 17.0 Å². The van der Waals surface area contributed by atoms with Gasteiger partial charge in [0.25, 0.3) is 10.0 Å². The molecule has 3 N–H and O–H groups in total. The van der Waals surface area contributed by atoms with Crippen LogP contribution < -0.4 is 10.5 Å². The van der Waals surface area contributed by atoms with E-state index in [1.54, 1.807) is 0 Å². The number of anilines is 2. The minimum atomic E-state index is -3.90. The zero-order valence-corrected chi connectivity index (χ0v) is 13.8. The van der Waals surface area contributed by atoms with Gasteiger partial charge in [-0.1, -0.05) is 23.2 Å². The summed E-state index contributed by atoms with van der Waals surface area (Å²) in [4.78, 5) is 5.24. The molecular weight excluding hydrogens is 353 g/mol. The van der Waals surface area contributed by atoms with Crippen LogP contribution in [0.25, 0.3) is 0 Å². The predicted octanol–water partition coefficient (Wildman–Crippen LogP) is 3.32. The van der Waals surface area contributed by atoms with Crippen LogP contribution in [0.1, 0.15) is 17.0 Å². The predicted molar refractivity (Wildman–Crippen MR) is 85.8 cm³/mol. The summed E-state index contributed by atoms with van der Waals surface area (Å²) in [5.74, 6) is 0. The molecule has 0 fully saturated rings. The molecule has 0 saturated carbocycles.